The van der Waals surface area contributed by atoms with E-state index in [0.29, 0.717) is 36.5 Å². The fourth-order valence-corrected chi connectivity index (χ4v) is 4.78. The van der Waals surface area contributed by atoms with Crippen LogP contribution in [0.5, 0.6) is 5.88 Å². The molecular weight excluding hydrogens is 397 g/mol. The molecule has 1 N–H and O–H groups in total. The molecule has 0 unspecified atom stereocenters. The monoisotopic (exact) mass is 421 g/mol. The molecule has 7 nitrogen and oxygen atoms in total. The number of hydrogen-bond acceptors (Lipinski definition) is 4. The Kier molecular flexibility index (Phi) is 5.28. The van der Waals surface area contributed by atoms with Gasteiger partial charge in [-0.2, -0.15) is 5.10 Å². The van der Waals surface area contributed by atoms with Gasteiger partial charge in [0, 0.05) is 43.4 Å². The number of nitrogens with one attached hydrogen (secondary N) is 1. The normalized spacial score (nSPS) is 25.1. The van der Waals surface area contributed by atoms with Gasteiger partial charge in [-0.15, -0.1) is 0 Å². The second kappa shape index (κ2) is 8.37. The number of benzene rings is 1. The van der Waals surface area contributed by atoms with Gasteiger partial charge in [-0.25, -0.2) is 14.2 Å². The van der Waals surface area contributed by atoms with Crippen molar-refractivity contribution in [2.24, 2.45) is 11.8 Å². The molecule has 1 aromatic carbocycles. The van der Waals surface area contributed by atoms with E-state index in [2.05, 4.69) is 15.4 Å². The van der Waals surface area contributed by atoms with Crippen LogP contribution in [0.2, 0.25) is 0 Å². The van der Waals surface area contributed by atoms with Crippen molar-refractivity contribution in [3.05, 3.63) is 72.9 Å². The predicted molar refractivity (Wildman–Crippen MR) is 113 cm³/mol. The number of carbonyl (C=O) groups is 1. The first-order chi connectivity index (χ1) is 15.2. The number of anilines is 1. The molecule has 0 radical (unpaired) electrons. The lowest BCUT2D eigenvalue weighted by Gasteiger charge is -2.37. The average molecular weight is 421 g/mol. The molecule has 0 bridgehead atoms. The van der Waals surface area contributed by atoms with E-state index in [1.807, 2.05) is 40.0 Å². The van der Waals surface area contributed by atoms with E-state index >= 15 is 0 Å². The lowest BCUT2D eigenvalue weighted by atomic mass is 9.77. The van der Waals surface area contributed by atoms with Gasteiger partial charge in [0.15, 0.2) is 0 Å². The topological polar surface area (TPSA) is 72.3 Å². The zero-order chi connectivity index (χ0) is 21.2. The number of fused-ring (bicyclic) bond motifs is 1. The van der Waals surface area contributed by atoms with Crippen molar-refractivity contribution in [1.82, 2.24) is 19.7 Å². The number of carbonyl (C=O) groups excluding carboxylic acids is 1. The fourth-order valence-electron chi connectivity index (χ4n) is 4.78. The van der Waals surface area contributed by atoms with Crippen molar-refractivity contribution in [1.29, 1.82) is 0 Å². The van der Waals surface area contributed by atoms with Crippen molar-refractivity contribution in [3.63, 3.8) is 0 Å². The predicted octanol–water partition coefficient (Wildman–Crippen LogP) is 3.98. The van der Waals surface area contributed by atoms with Crippen LogP contribution in [0.15, 0.2) is 67.1 Å². The van der Waals surface area contributed by atoms with Crippen molar-refractivity contribution >= 4 is 11.7 Å². The molecular formula is C23H24FN5O2. The first-order valence-corrected chi connectivity index (χ1v) is 10.5. The third-order valence-corrected chi connectivity index (χ3v) is 6.22. The minimum Gasteiger partial charge on any atom is -0.472 e. The summed E-state index contributed by atoms with van der Waals surface area (Å²) in [6.45, 7) is 1.32. The number of likely N-dealkylation sites (tertiary alicyclic amines) is 1. The summed E-state index contributed by atoms with van der Waals surface area (Å²) < 4.78 is 21.7. The number of amides is 2. The molecule has 3 aromatic rings. The molecule has 0 spiro atoms. The molecule has 1 aliphatic heterocycles. The third-order valence-electron chi connectivity index (χ3n) is 6.22. The highest BCUT2D eigenvalue weighted by Crippen LogP contribution is 2.42. The number of urea groups is 1. The standard InChI is InChI=1S/C23H24FN5O2/c24-18-5-3-6-19(13-18)27-23(30)28-14-16-11-20(29-10-4-9-26-29)21(12-17(16)15-28)31-22-7-1-2-8-25-22/h1-10,13,16-17,20-21H,11-12,14-15H2,(H,27,30)/t16-,17+,20-,21-/m0/s1. The summed E-state index contributed by atoms with van der Waals surface area (Å²) in [5.41, 5.74) is 0.464. The van der Waals surface area contributed by atoms with E-state index in [9.17, 15) is 9.18 Å². The summed E-state index contributed by atoms with van der Waals surface area (Å²) in [6.07, 6.45) is 7.06. The SMILES string of the molecule is O=C(Nc1cccc(F)c1)N1C[C@H]2C[C@H](Oc3ccccn3)[C@@H](n3cccn3)C[C@H]2C1. The largest absolute Gasteiger partial charge is 0.472 e. The maximum absolute atomic E-state index is 13.4. The van der Waals surface area contributed by atoms with E-state index in [-0.39, 0.29) is 24.0 Å². The van der Waals surface area contributed by atoms with Gasteiger partial charge < -0.3 is 15.0 Å². The van der Waals surface area contributed by atoms with Gasteiger partial charge in [0.05, 0.1) is 6.04 Å². The van der Waals surface area contributed by atoms with Crippen LogP contribution in [0.4, 0.5) is 14.9 Å². The fraction of sp³-hybridized carbons (Fsp3) is 0.348. The Hall–Kier alpha value is -3.42. The first kappa shape index (κ1) is 19.5. The zero-order valence-electron chi connectivity index (χ0n) is 17.0. The summed E-state index contributed by atoms with van der Waals surface area (Å²) in [5, 5.41) is 7.26. The number of pyridine rings is 1. The highest BCUT2D eigenvalue weighted by atomic mass is 19.1. The third kappa shape index (κ3) is 4.23. The molecule has 2 aromatic heterocycles. The molecule has 2 amide bonds. The van der Waals surface area contributed by atoms with Gasteiger partial charge in [0.25, 0.3) is 0 Å². The van der Waals surface area contributed by atoms with Gasteiger partial charge >= 0.3 is 6.03 Å². The average Bonchev–Trinajstić information content (AvgIpc) is 3.44. The van der Waals surface area contributed by atoms with Crippen LogP contribution >= 0.6 is 0 Å². The quantitative estimate of drug-likeness (QED) is 0.692. The van der Waals surface area contributed by atoms with Crippen LogP contribution in [-0.4, -0.2) is 44.9 Å². The number of rotatable bonds is 4. The van der Waals surface area contributed by atoms with Crippen LogP contribution in [0.1, 0.15) is 18.9 Å². The molecule has 2 fully saturated rings. The lowest BCUT2D eigenvalue weighted by molar-refractivity contribution is 0.0459. The van der Waals surface area contributed by atoms with Crippen molar-refractivity contribution in [2.45, 2.75) is 25.0 Å². The number of halogens is 1. The maximum Gasteiger partial charge on any atom is 0.321 e. The molecule has 4 atom stereocenters. The number of aromatic nitrogens is 3. The van der Waals surface area contributed by atoms with Crippen molar-refractivity contribution in [2.75, 3.05) is 18.4 Å². The van der Waals surface area contributed by atoms with Crippen LogP contribution < -0.4 is 10.1 Å². The smallest absolute Gasteiger partial charge is 0.321 e. The van der Waals surface area contributed by atoms with Gasteiger partial charge in [-0.3, -0.25) is 4.68 Å². The summed E-state index contributed by atoms with van der Waals surface area (Å²) in [6, 6.07) is 13.4. The molecule has 5 rings (SSSR count). The van der Waals surface area contributed by atoms with Gasteiger partial charge in [0.1, 0.15) is 11.9 Å². The van der Waals surface area contributed by atoms with Gasteiger partial charge in [-0.1, -0.05) is 12.1 Å². The van der Waals surface area contributed by atoms with Crippen LogP contribution in [0, 0.1) is 17.7 Å². The summed E-state index contributed by atoms with van der Waals surface area (Å²) in [4.78, 5) is 18.9. The highest BCUT2D eigenvalue weighted by Gasteiger charge is 2.45. The Labute approximate surface area is 179 Å². The lowest BCUT2D eigenvalue weighted by Crippen LogP contribution is -2.40. The van der Waals surface area contributed by atoms with E-state index in [1.165, 1.54) is 12.1 Å². The second-order valence-corrected chi connectivity index (χ2v) is 8.21. The van der Waals surface area contributed by atoms with Crippen LogP contribution in [0.25, 0.3) is 0 Å². The second-order valence-electron chi connectivity index (χ2n) is 8.21. The number of ether oxygens (including phenoxy) is 1. The minimum atomic E-state index is -0.371. The Balaban J connectivity index is 1.30. The maximum atomic E-state index is 13.4. The molecule has 1 saturated carbocycles. The summed E-state index contributed by atoms with van der Waals surface area (Å²) in [5.74, 6) is 0.918. The molecule has 3 heterocycles. The number of hydrogen-bond donors (Lipinski definition) is 1. The minimum absolute atomic E-state index is 0.0736. The number of nitrogens with zero attached hydrogens (tertiary/aromatic N) is 4. The van der Waals surface area contributed by atoms with E-state index in [4.69, 9.17) is 4.74 Å². The molecule has 1 saturated heterocycles. The molecule has 160 valence electrons. The molecule has 31 heavy (non-hydrogen) atoms. The van der Waals surface area contributed by atoms with E-state index in [1.54, 1.807) is 24.5 Å². The molecule has 2 aliphatic rings. The Bertz CT molecular complexity index is 1030. The summed E-state index contributed by atoms with van der Waals surface area (Å²) >= 11 is 0. The van der Waals surface area contributed by atoms with Crippen molar-refractivity contribution in [3.8, 4) is 5.88 Å². The van der Waals surface area contributed by atoms with Gasteiger partial charge in [-0.05, 0) is 55.0 Å². The molecule has 1 aliphatic carbocycles. The Morgan fingerprint density at radius 3 is 2.68 bits per heavy atom. The van der Waals surface area contributed by atoms with Crippen LogP contribution in [-0.2, 0) is 0 Å². The molecule has 8 heteroatoms. The Morgan fingerprint density at radius 1 is 1.06 bits per heavy atom. The van der Waals surface area contributed by atoms with E-state index in [0.717, 1.165) is 12.8 Å². The van der Waals surface area contributed by atoms with Crippen molar-refractivity contribution < 1.29 is 13.9 Å². The van der Waals surface area contributed by atoms with Gasteiger partial charge in [0.2, 0.25) is 5.88 Å². The summed E-state index contributed by atoms with van der Waals surface area (Å²) in [7, 11) is 0. The Morgan fingerprint density at radius 2 is 1.94 bits per heavy atom. The zero-order valence-corrected chi connectivity index (χ0v) is 17.0. The van der Waals surface area contributed by atoms with E-state index < -0.39 is 0 Å². The first-order valence-electron chi connectivity index (χ1n) is 10.5. The van der Waals surface area contributed by atoms with Crippen LogP contribution in [0.3, 0.4) is 0 Å². The highest BCUT2D eigenvalue weighted by molar-refractivity contribution is 5.89.